The smallest absolute Gasteiger partial charge is 0.408 e. The zero-order valence-electron chi connectivity index (χ0n) is 23.4. The van der Waals surface area contributed by atoms with Gasteiger partial charge in [0.2, 0.25) is 11.8 Å². The number of benzene rings is 3. The van der Waals surface area contributed by atoms with E-state index in [1.807, 2.05) is 24.3 Å². The number of aliphatic hydroxyl groups excluding tert-OH is 1. The van der Waals surface area contributed by atoms with Crippen molar-refractivity contribution in [2.24, 2.45) is 0 Å². The summed E-state index contributed by atoms with van der Waals surface area (Å²) in [5.41, 5.74) is 2.11. The van der Waals surface area contributed by atoms with Gasteiger partial charge in [0.25, 0.3) is 0 Å². The fourth-order valence-corrected chi connectivity index (χ4v) is 4.07. The number of aromatic hydroxyl groups is 1. The summed E-state index contributed by atoms with van der Waals surface area (Å²) in [6, 6.07) is 20.3. The lowest BCUT2D eigenvalue weighted by molar-refractivity contribution is -0.148. The van der Waals surface area contributed by atoms with E-state index in [0.717, 1.165) is 18.2 Å². The molecule has 0 aliphatic rings. The summed E-state index contributed by atoms with van der Waals surface area (Å²) in [5.74, 6) is -2.29. The van der Waals surface area contributed by atoms with Crippen molar-refractivity contribution in [3.63, 3.8) is 0 Å². The first-order chi connectivity index (χ1) is 20.2. The molecule has 11 nitrogen and oxygen atoms in total. The van der Waals surface area contributed by atoms with Gasteiger partial charge in [0, 0.05) is 12.8 Å². The number of methoxy groups -OCH3 is 1. The molecule has 0 spiro atoms. The molecule has 0 fully saturated rings. The first kappa shape index (κ1) is 31.6. The molecule has 0 saturated heterocycles. The zero-order valence-corrected chi connectivity index (χ0v) is 23.4. The third-order valence-corrected chi connectivity index (χ3v) is 6.35. The SMILES string of the molecule is COC(=O)[C@@H](NC(=O)[C@@H](Cc1ccc(O)cc1)NC(=O)[C@@H](Cc1ccccc1)NC(=O)OCc1ccccc1)[C@H](C)O. The summed E-state index contributed by atoms with van der Waals surface area (Å²) >= 11 is 0. The molecule has 3 rings (SSSR count). The Bertz CT molecular complexity index is 1320. The van der Waals surface area contributed by atoms with Gasteiger partial charge >= 0.3 is 12.1 Å². The second-order valence-corrected chi connectivity index (χ2v) is 9.63. The molecule has 0 radical (unpaired) electrons. The van der Waals surface area contributed by atoms with Crippen LogP contribution in [0.15, 0.2) is 84.9 Å². The van der Waals surface area contributed by atoms with Crippen molar-refractivity contribution in [1.29, 1.82) is 0 Å². The molecule has 0 heterocycles. The van der Waals surface area contributed by atoms with Crippen LogP contribution >= 0.6 is 0 Å². The number of phenols is 1. The summed E-state index contributed by atoms with van der Waals surface area (Å²) < 4.78 is 9.99. The minimum atomic E-state index is -1.38. The Hall–Kier alpha value is -4.90. The monoisotopic (exact) mass is 577 g/mol. The minimum Gasteiger partial charge on any atom is -0.508 e. The Morgan fingerprint density at radius 3 is 1.76 bits per heavy atom. The second-order valence-electron chi connectivity index (χ2n) is 9.63. The van der Waals surface area contributed by atoms with Crippen LogP contribution in [0.3, 0.4) is 0 Å². The van der Waals surface area contributed by atoms with Crippen LogP contribution in [-0.4, -0.2) is 65.4 Å². The highest BCUT2D eigenvalue weighted by molar-refractivity contribution is 5.93. The number of alkyl carbamates (subject to hydrolysis) is 1. The van der Waals surface area contributed by atoms with Crippen molar-refractivity contribution < 1.29 is 38.9 Å². The van der Waals surface area contributed by atoms with E-state index in [9.17, 15) is 29.4 Å². The predicted octanol–water partition coefficient (Wildman–Crippen LogP) is 2.00. The molecule has 3 aromatic rings. The fourth-order valence-electron chi connectivity index (χ4n) is 4.07. The Balaban J connectivity index is 1.81. The molecule has 0 aliphatic carbocycles. The van der Waals surface area contributed by atoms with Crippen molar-refractivity contribution in [3.8, 4) is 5.75 Å². The Labute approximate surface area is 243 Å². The molecule has 5 N–H and O–H groups in total. The maximum absolute atomic E-state index is 13.6. The van der Waals surface area contributed by atoms with E-state index in [1.165, 1.54) is 19.1 Å². The Morgan fingerprint density at radius 1 is 0.714 bits per heavy atom. The zero-order chi connectivity index (χ0) is 30.5. The highest BCUT2D eigenvalue weighted by atomic mass is 16.5. The maximum atomic E-state index is 13.6. The number of carbonyl (C=O) groups excluding carboxylic acids is 4. The van der Waals surface area contributed by atoms with E-state index in [2.05, 4.69) is 20.7 Å². The van der Waals surface area contributed by atoms with Gasteiger partial charge in [-0.2, -0.15) is 0 Å². The van der Waals surface area contributed by atoms with Crippen LogP contribution in [0, 0.1) is 0 Å². The number of aliphatic hydroxyl groups is 1. The van der Waals surface area contributed by atoms with Crippen molar-refractivity contribution >= 4 is 23.9 Å². The molecule has 0 aliphatic heterocycles. The van der Waals surface area contributed by atoms with Gasteiger partial charge < -0.3 is 35.6 Å². The molecular formula is C31H35N3O8. The predicted molar refractivity (Wildman–Crippen MR) is 153 cm³/mol. The van der Waals surface area contributed by atoms with Crippen LogP contribution in [0.4, 0.5) is 4.79 Å². The van der Waals surface area contributed by atoms with Gasteiger partial charge in [-0.3, -0.25) is 9.59 Å². The van der Waals surface area contributed by atoms with Crippen molar-refractivity contribution in [2.75, 3.05) is 7.11 Å². The number of amides is 3. The molecule has 0 bridgehead atoms. The number of hydrogen-bond acceptors (Lipinski definition) is 8. The summed E-state index contributed by atoms with van der Waals surface area (Å²) in [6.45, 7) is 1.31. The van der Waals surface area contributed by atoms with Gasteiger partial charge in [-0.25, -0.2) is 9.59 Å². The average Bonchev–Trinajstić information content (AvgIpc) is 2.99. The number of hydrogen-bond donors (Lipinski definition) is 5. The largest absolute Gasteiger partial charge is 0.508 e. The standard InChI is InChI=1S/C31H35N3O8/c1-20(35)27(30(39)41-2)34-29(38)25(18-22-13-15-24(36)16-14-22)32-28(37)26(17-21-9-5-3-6-10-21)33-31(40)42-19-23-11-7-4-8-12-23/h3-16,20,25-27,35-36H,17-19H2,1-2H3,(H,32,37)(H,33,40)(H,34,38)/t20-,25+,26+,27-/m0/s1. The van der Waals surface area contributed by atoms with Crippen molar-refractivity contribution in [3.05, 3.63) is 102 Å². The van der Waals surface area contributed by atoms with Crippen molar-refractivity contribution in [1.82, 2.24) is 16.0 Å². The van der Waals surface area contributed by atoms with Gasteiger partial charge in [-0.05, 0) is 35.7 Å². The number of phenolic OH excluding ortho intramolecular Hbond substituents is 1. The molecule has 0 saturated carbocycles. The molecule has 3 aromatic carbocycles. The molecule has 0 aromatic heterocycles. The summed E-state index contributed by atoms with van der Waals surface area (Å²) in [7, 11) is 1.12. The van der Waals surface area contributed by atoms with E-state index in [0.29, 0.717) is 5.56 Å². The van der Waals surface area contributed by atoms with E-state index in [-0.39, 0.29) is 25.2 Å². The normalized spacial score (nSPS) is 13.5. The summed E-state index contributed by atoms with van der Waals surface area (Å²) in [4.78, 5) is 51.8. The van der Waals surface area contributed by atoms with E-state index >= 15 is 0 Å². The molecule has 222 valence electrons. The Kier molecular flexibility index (Phi) is 11.9. The quantitative estimate of drug-likeness (QED) is 0.193. The number of rotatable bonds is 13. The van der Waals surface area contributed by atoms with E-state index in [4.69, 9.17) is 4.74 Å². The first-order valence-corrected chi connectivity index (χ1v) is 13.3. The van der Waals surface area contributed by atoms with Crippen LogP contribution in [0.5, 0.6) is 5.75 Å². The lowest BCUT2D eigenvalue weighted by Gasteiger charge is -2.26. The van der Waals surface area contributed by atoms with Gasteiger partial charge in [0.05, 0.1) is 13.2 Å². The van der Waals surface area contributed by atoms with Crippen LogP contribution < -0.4 is 16.0 Å². The lowest BCUT2D eigenvalue weighted by atomic mass is 10.0. The van der Waals surface area contributed by atoms with Gasteiger partial charge in [-0.1, -0.05) is 72.8 Å². The summed E-state index contributed by atoms with van der Waals surface area (Å²) in [6.07, 6.45) is -2.03. The average molecular weight is 578 g/mol. The molecule has 0 unspecified atom stereocenters. The molecule has 4 atom stereocenters. The third-order valence-electron chi connectivity index (χ3n) is 6.35. The van der Waals surface area contributed by atoms with Crippen LogP contribution in [0.1, 0.15) is 23.6 Å². The highest BCUT2D eigenvalue weighted by Crippen LogP contribution is 2.13. The topological polar surface area (TPSA) is 163 Å². The number of ether oxygens (including phenoxy) is 2. The van der Waals surface area contributed by atoms with Crippen LogP contribution in [0.2, 0.25) is 0 Å². The lowest BCUT2D eigenvalue weighted by Crippen LogP contribution is -2.58. The van der Waals surface area contributed by atoms with E-state index < -0.39 is 48.1 Å². The van der Waals surface area contributed by atoms with Crippen molar-refractivity contribution in [2.45, 2.75) is 50.6 Å². The highest BCUT2D eigenvalue weighted by Gasteiger charge is 2.32. The molecule has 11 heteroatoms. The fraction of sp³-hybridized carbons (Fsp3) is 0.290. The first-order valence-electron chi connectivity index (χ1n) is 13.3. The van der Waals surface area contributed by atoms with Gasteiger partial charge in [0.15, 0.2) is 6.04 Å². The maximum Gasteiger partial charge on any atom is 0.408 e. The number of carbonyl (C=O) groups is 4. The minimum absolute atomic E-state index is 0.00745. The molecule has 3 amide bonds. The van der Waals surface area contributed by atoms with E-state index in [1.54, 1.807) is 48.5 Å². The van der Waals surface area contributed by atoms with Gasteiger partial charge in [-0.15, -0.1) is 0 Å². The van der Waals surface area contributed by atoms with Gasteiger partial charge in [0.1, 0.15) is 24.4 Å². The summed E-state index contributed by atoms with van der Waals surface area (Å²) in [5, 5.41) is 27.4. The van der Waals surface area contributed by atoms with Crippen LogP contribution in [0.25, 0.3) is 0 Å². The Morgan fingerprint density at radius 2 is 1.21 bits per heavy atom. The third kappa shape index (κ3) is 9.93. The number of nitrogens with one attached hydrogen (secondary N) is 3. The molecular weight excluding hydrogens is 542 g/mol. The second kappa shape index (κ2) is 15.8. The number of esters is 1. The molecule has 42 heavy (non-hydrogen) atoms. The van der Waals surface area contributed by atoms with Crippen LogP contribution in [-0.2, 0) is 43.3 Å².